The molecule has 0 saturated heterocycles. The summed E-state index contributed by atoms with van der Waals surface area (Å²) in [6.07, 6.45) is 1.68. The number of rotatable bonds is 2. The van der Waals surface area contributed by atoms with Crippen LogP contribution in [0.1, 0.15) is 15.9 Å². The summed E-state index contributed by atoms with van der Waals surface area (Å²) in [4.78, 5) is 16.0. The Hall–Kier alpha value is -1.63. The van der Waals surface area contributed by atoms with Gasteiger partial charge in [0.25, 0.3) is 5.91 Å². The van der Waals surface area contributed by atoms with Crippen molar-refractivity contribution in [3.8, 4) is 5.75 Å². The zero-order chi connectivity index (χ0) is 13.1. The highest BCUT2D eigenvalue weighted by atomic mass is 127. The van der Waals surface area contributed by atoms with Crippen molar-refractivity contribution < 1.29 is 9.90 Å². The molecule has 2 rings (SSSR count). The number of carbonyl (C=O) groups is 1. The summed E-state index contributed by atoms with van der Waals surface area (Å²) >= 11 is 2.00. The van der Waals surface area contributed by atoms with Crippen LogP contribution in [0, 0.1) is 10.5 Å². The molecule has 4 nitrogen and oxygen atoms in total. The Kier molecular flexibility index (Phi) is 3.81. The second-order valence-electron chi connectivity index (χ2n) is 3.84. The standard InChI is InChI=1S/C13H11IN2O2/c1-8-2-5-12(15-7-8)16-13(18)9-3-4-10(14)11(17)6-9/h2-7,17H,1H3,(H,15,16,18). The smallest absolute Gasteiger partial charge is 0.256 e. The predicted molar refractivity (Wildman–Crippen MR) is 77.8 cm³/mol. The van der Waals surface area contributed by atoms with Crippen molar-refractivity contribution in [1.29, 1.82) is 0 Å². The van der Waals surface area contributed by atoms with Gasteiger partial charge in [0.1, 0.15) is 11.6 Å². The predicted octanol–water partition coefficient (Wildman–Crippen LogP) is 2.95. The molecule has 0 radical (unpaired) electrons. The Balaban J connectivity index is 2.16. The average molecular weight is 354 g/mol. The molecule has 1 aromatic carbocycles. The van der Waals surface area contributed by atoms with Gasteiger partial charge in [-0.2, -0.15) is 0 Å². The maximum absolute atomic E-state index is 11.9. The number of aromatic nitrogens is 1. The second-order valence-corrected chi connectivity index (χ2v) is 5.00. The van der Waals surface area contributed by atoms with Gasteiger partial charge in [0.15, 0.2) is 0 Å². The fraction of sp³-hybridized carbons (Fsp3) is 0.0769. The molecule has 1 aromatic heterocycles. The minimum atomic E-state index is -0.293. The van der Waals surface area contributed by atoms with E-state index in [9.17, 15) is 9.90 Å². The van der Waals surface area contributed by atoms with Gasteiger partial charge in [-0.3, -0.25) is 4.79 Å². The molecule has 18 heavy (non-hydrogen) atoms. The van der Waals surface area contributed by atoms with Crippen molar-refractivity contribution in [3.63, 3.8) is 0 Å². The third-order valence-electron chi connectivity index (χ3n) is 2.36. The highest BCUT2D eigenvalue weighted by molar-refractivity contribution is 14.1. The van der Waals surface area contributed by atoms with Gasteiger partial charge in [0.2, 0.25) is 0 Å². The van der Waals surface area contributed by atoms with Crippen LogP contribution in [0.25, 0.3) is 0 Å². The van der Waals surface area contributed by atoms with Crippen LogP contribution >= 0.6 is 22.6 Å². The fourth-order valence-electron chi connectivity index (χ4n) is 1.38. The number of pyridine rings is 1. The Morgan fingerprint density at radius 2 is 2.11 bits per heavy atom. The first-order valence-electron chi connectivity index (χ1n) is 5.29. The largest absolute Gasteiger partial charge is 0.507 e. The topological polar surface area (TPSA) is 62.2 Å². The molecule has 0 saturated carbocycles. The summed E-state index contributed by atoms with van der Waals surface area (Å²) in [7, 11) is 0. The highest BCUT2D eigenvalue weighted by Crippen LogP contribution is 2.20. The number of hydrogen-bond donors (Lipinski definition) is 2. The minimum absolute atomic E-state index is 0.0973. The van der Waals surface area contributed by atoms with E-state index >= 15 is 0 Å². The molecule has 0 spiro atoms. The Morgan fingerprint density at radius 3 is 2.72 bits per heavy atom. The number of halogens is 1. The van der Waals surface area contributed by atoms with Crippen LogP contribution in [0.15, 0.2) is 36.5 Å². The van der Waals surface area contributed by atoms with Gasteiger partial charge in [-0.1, -0.05) is 6.07 Å². The van der Waals surface area contributed by atoms with E-state index in [2.05, 4.69) is 10.3 Å². The first kappa shape index (κ1) is 12.8. The number of hydrogen-bond acceptors (Lipinski definition) is 3. The number of anilines is 1. The molecule has 5 heteroatoms. The van der Waals surface area contributed by atoms with E-state index in [1.165, 1.54) is 6.07 Å². The van der Waals surface area contributed by atoms with E-state index in [1.54, 1.807) is 24.4 Å². The van der Waals surface area contributed by atoms with Gasteiger partial charge >= 0.3 is 0 Å². The third-order valence-corrected chi connectivity index (χ3v) is 3.27. The maximum atomic E-state index is 11.9. The number of benzene rings is 1. The molecule has 0 atom stereocenters. The van der Waals surface area contributed by atoms with Crippen LogP contribution in [-0.4, -0.2) is 16.0 Å². The summed E-state index contributed by atoms with van der Waals surface area (Å²) in [6.45, 7) is 1.93. The molecular formula is C13H11IN2O2. The number of phenolic OH excluding ortho intramolecular Hbond substituents is 1. The Labute approximate surface area is 118 Å². The molecule has 0 bridgehead atoms. The lowest BCUT2D eigenvalue weighted by atomic mass is 10.2. The lowest BCUT2D eigenvalue weighted by Gasteiger charge is -2.05. The summed E-state index contributed by atoms with van der Waals surface area (Å²) in [6, 6.07) is 8.39. The molecule has 1 heterocycles. The number of nitrogens with zero attached hydrogens (tertiary/aromatic N) is 1. The second kappa shape index (κ2) is 5.34. The Bertz CT molecular complexity index is 582. The van der Waals surface area contributed by atoms with E-state index in [-0.39, 0.29) is 11.7 Å². The minimum Gasteiger partial charge on any atom is -0.507 e. The van der Waals surface area contributed by atoms with Gasteiger partial charge in [-0.15, -0.1) is 0 Å². The van der Waals surface area contributed by atoms with E-state index in [1.807, 2.05) is 35.6 Å². The number of nitrogens with one attached hydrogen (secondary N) is 1. The first-order valence-corrected chi connectivity index (χ1v) is 6.36. The Morgan fingerprint density at radius 1 is 1.33 bits per heavy atom. The number of phenols is 1. The van der Waals surface area contributed by atoms with Gasteiger partial charge in [-0.05, 0) is 59.3 Å². The van der Waals surface area contributed by atoms with Crippen LogP contribution < -0.4 is 5.32 Å². The third kappa shape index (κ3) is 2.98. The van der Waals surface area contributed by atoms with Gasteiger partial charge < -0.3 is 10.4 Å². The van der Waals surface area contributed by atoms with Crippen molar-refractivity contribution in [3.05, 3.63) is 51.2 Å². The van der Waals surface area contributed by atoms with Crippen LogP contribution in [0.5, 0.6) is 5.75 Å². The SMILES string of the molecule is Cc1ccc(NC(=O)c2ccc(I)c(O)c2)nc1. The van der Waals surface area contributed by atoms with Crippen LogP contribution in [0.3, 0.4) is 0 Å². The lowest BCUT2D eigenvalue weighted by molar-refractivity contribution is 0.102. The molecule has 1 amide bonds. The van der Waals surface area contributed by atoms with Crippen molar-refractivity contribution in [2.45, 2.75) is 6.92 Å². The van der Waals surface area contributed by atoms with Crippen molar-refractivity contribution >= 4 is 34.3 Å². The van der Waals surface area contributed by atoms with E-state index in [0.717, 1.165) is 5.56 Å². The molecule has 0 unspecified atom stereocenters. The molecule has 2 N–H and O–H groups in total. The molecule has 92 valence electrons. The van der Waals surface area contributed by atoms with Crippen LogP contribution in [0.2, 0.25) is 0 Å². The maximum Gasteiger partial charge on any atom is 0.256 e. The molecule has 0 aliphatic carbocycles. The van der Waals surface area contributed by atoms with Crippen molar-refractivity contribution in [2.24, 2.45) is 0 Å². The number of aryl methyl sites for hydroxylation is 1. The average Bonchev–Trinajstić information content (AvgIpc) is 2.35. The summed E-state index contributed by atoms with van der Waals surface area (Å²) in [5, 5.41) is 12.2. The summed E-state index contributed by atoms with van der Waals surface area (Å²) < 4.78 is 0.706. The van der Waals surface area contributed by atoms with Crippen LogP contribution in [0.4, 0.5) is 5.82 Å². The molecule has 0 aliphatic heterocycles. The van der Waals surface area contributed by atoms with Crippen LogP contribution in [-0.2, 0) is 0 Å². The number of amides is 1. The zero-order valence-electron chi connectivity index (χ0n) is 9.64. The molecule has 0 fully saturated rings. The van der Waals surface area contributed by atoms with E-state index in [4.69, 9.17) is 0 Å². The fourth-order valence-corrected chi connectivity index (χ4v) is 1.72. The van der Waals surface area contributed by atoms with Crippen molar-refractivity contribution in [1.82, 2.24) is 4.98 Å². The number of carbonyl (C=O) groups excluding carboxylic acids is 1. The van der Waals surface area contributed by atoms with E-state index in [0.29, 0.717) is 15.0 Å². The quantitative estimate of drug-likeness (QED) is 0.816. The molecule has 2 aromatic rings. The summed E-state index contributed by atoms with van der Waals surface area (Å²) in [5.74, 6) is 0.293. The van der Waals surface area contributed by atoms with Gasteiger partial charge in [-0.25, -0.2) is 4.98 Å². The zero-order valence-corrected chi connectivity index (χ0v) is 11.8. The first-order chi connectivity index (χ1) is 8.56. The van der Waals surface area contributed by atoms with Gasteiger partial charge in [0.05, 0.1) is 3.57 Å². The normalized spacial score (nSPS) is 10.1. The molecular weight excluding hydrogens is 343 g/mol. The van der Waals surface area contributed by atoms with E-state index < -0.39 is 0 Å². The monoisotopic (exact) mass is 354 g/mol. The van der Waals surface area contributed by atoms with Crippen molar-refractivity contribution in [2.75, 3.05) is 5.32 Å². The van der Waals surface area contributed by atoms with Gasteiger partial charge in [0, 0.05) is 11.8 Å². The molecule has 0 aliphatic rings. The lowest BCUT2D eigenvalue weighted by Crippen LogP contribution is -2.12. The highest BCUT2D eigenvalue weighted by Gasteiger charge is 2.08. The number of aromatic hydroxyl groups is 1. The summed E-state index contributed by atoms with van der Waals surface area (Å²) in [5.41, 5.74) is 1.43.